The molecule has 412 valence electrons. The summed E-state index contributed by atoms with van der Waals surface area (Å²) in [5.41, 5.74) is 9.79. The van der Waals surface area contributed by atoms with Gasteiger partial charge in [-0.25, -0.2) is 0 Å². The highest BCUT2D eigenvalue weighted by molar-refractivity contribution is 8.03. The van der Waals surface area contributed by atoms with Gasteiger partial charge in [0.1, 0.15) is 38.8 Å². The van der Waals surface area contributed by atoms with Crippen LogP contribution in [0.3, 0.4) is 0 Å². The van der Waals surface area contributed by atoms with Crippen molar-refractivity contribution in [2.45, 2.75) is 95.2 Å². The lowest BCUT2D eigenvalue weighted by atomic mass is 10.1. The standard InChI is InChI=1S/2C13H17N2O7PS.C8H13N2O5P.C5H6O3S.H2O/c2*1-7-12(16)10(8(3-14-7)5-22-23(19,20)21)4-15-9-2-11(13(17)18)24-6-9;1-5-8(11)7(2-9)6(3-10-5)4-15-16(12,13)14;6-3-1-4(5(7)8)9-2-3;/h3,11,16H,2,4-6H2,1H3,(H,17,18)(H2,19,20,21);3,6,11,15-16H,2,4-5H2,1H3,(H,17,18)(H2,19,20,21);3,11H,2,4,9H2,1H3,(H2,12,13,14);4H,1-2H2,(H,7,8);1H2/p-3/t2*11-;;4-;/m00.0./s1. The summed E-state index contributed by atoms with van der Waals surface area (Å²) < 4.78 is 44.8. The number of pyridine rings is 3. The van der Waals surface area contributed by atoms with Crippen LogP contribution in [-0.4, -0.2) is 122 Å². The van der Waals surface area contributed by atoms with Gasteiger partial charge in [-0.1, -0.05) is 0 Å². The van der Waals surface area contributed by atoms with Crippen LogP contribution in [0.25, 0.3) is 0 Å². The molecule has 0 spiro atoms. The van der Waals surface area contributed by atoms with E-state index < -0.39 is 76.9 Å². The summed E-state index contributed by atoms with van der Waals surface area (Å²) >= 11 is 3.67. The second-order valence-electron chi connectivity index (χ2n) is 15.3. The molecule has 0 radical (unpaired) electrons. The second kappa shape index (κ2) is 29.7. The van der Waals surface area contributed by atoms with E-state index in [9.17, 15) is 62.9 Å². The Morgan fingerprint density at radius 1 is 0.689 bits per heavy atom. The number of nitrogens with one attached hydrogen (secondary N) is 1. The molecule has 29 nitrogen and oxygen atoms in total. The van der Waals surface area contributed by atoms with Crippen molar-refractivity contribution in [1.29, 1.82) is 0 Å². The number of carboxylic acid groups (broad SMARTS) is 3. The maximum absolute atomic E-state index is 10.9. The number of aryl methyl sites for hydroxylation is 3. The van der Waals surface area contributed by atoms with Crippen LogP contribution in [0.15, 0.2) is 34.7 Å². The summed E-state index contributed by atoms with van der Waals surface area (Å²) in [5, 5.41) is 59.3. The molecule has 3 aromatic rings. The number of nitrogens with two attached hydrogens (primary N) is 1. The number of hydrogen-bond acceptors (Lipinski definition) is 25. The topological polar surface area (TPSA) is 519 Å². The van der Waals surface area contributed by atoms with Crippen molar-refractivity contribution in [3.8, 4) is 17.2 Å². The largest absolute Gasteiger partial charge is 0.756 e. The number of aliphatic imine (C=N–C) groups is 1. The highest BCUT2D eigenvalue weighted by Crippen LogP contribution is 2.37. The fourth-order valence-corrected chi connectivity index (χ4v) is 9.88. The van der Waals surface area contributed by atoms with Gasteiger partial charge in [0.25, 0.3) is 23.5 Å². The first-order valence-electron chi connectivity index (χ1n) is 20.7. The number of ketones is 1. The number of Topliss-reactive ketones (excluding diaryl/α,β-unsaturated/α-hetero) is 1. The average Bonchev–Trinajstić information content (AvgIpc) is 4.09. The van der Waals surface area contributed by atoms with E-state index in [0.717, 1.165) is 0 Å². The first-order chi connectivity index (χ1) is 33.9. The number of rotatable bonds is 18. The summed E-state index contributed by atoms with van der Waals surface area (Å²) in [4.78, 5) is 116. The lowest BCUT2D eigenvalue weighted by molar-refractivity contribution is -0.222. The van der Waals surface area contributed by atoms with E-state index in [1.54, 1.807) is 26.2 Å². The fraction of sp³-hybridized carbons (Fsp3) is 0.436. The number of allylic oxidation sites excluding steroid dienone is 1. The Hall–Kier alpha value is -4.56. The molecule has 6 heterocycles. The molecule has 3 aromatic heterocycles. The number of thioether (sulfide) groups is 3. The number of aromatic hydroxyl groups is 3. The van der Waals surface area contributed by atoms with Crippen molar-refractivity contribution >= 4 is 88.2 Å². The Balaban J connectivity index is 0.000000354. The summed E-state index contributed by atoms with van der Waals surface area (Å²) in [5.74, 6) is -2.12. The van der Waals surface area contributed by atoms with E-state index >= 15 is 0 Å². The van der Waals surface area contributed by atoms with Gasteiger partial charge >= 0.3 is 17.9 Å². The van der Waals surface area contributed by atoms with Gasteiger partial charge < -0.3 is 90.1 Å². The minimum atomic E-state index is -4.90. The number of nitrogens with zero attached hydrogens (tertiary/aromatic N) is 4. The SMILES string of the molecule is Cc1ncc(COP(=O)([O-])O)c(CN)c1O.Cc1ncc(COP(=O)([O-])O)c(CN=C2CS[C@H](C(=O)O)C2)c1O.Cc1ncc(COP(=O)([O-])O)c(CNC2=CS[C@H](C(=O)O)C2)c1O.O.O=C1CS[C@H](C(=O)O)C1. The number of carbonyl (C=O) groups is 4. The molecule has 35 heteroatoms. The molecule has 14 N–H and O–H groups in total. The molecular weight excluding hydrogens is 1110 g/mol. The Morgan fingerprint density at radius 3 is 1.47 bits per heavy atom. The minimum Gasteiger partial charge on any atom is -0.756 e. The van der Waals surface area contributed by atoms with Crippen molar-refractivity contribution in [3.63, 3.8) is 0 Å². The Kier molecular flexibility index (Phi) is 26.3. The van der Waals surface area contributed by atoms with Crippen molar-refractivity contribution in [3.05, 3.63) is 80.2 Å². The van der Waals surface area contributed by atoms with Gasteiger partial charge in [-0.15, -0.1) is 35.3 Å². The summed E-state index contributed by atoms with van der Waals surface area (Å²) in [6.07, 6.45) is 4.88. The molecular formula is C39H52N6O23P3S3-3. The van der Waals surface area contributed by atoms with E-state index in [4.69, 9.17) is 35.7 Å². The zero-order chi connectivity index (χ0) is 55.0. The third kappa shape index (κ3) is 22.3. The lowest BCUT2D eigenvalue weighted by Gasteiger charge is -2.18. The molecule has 74 heavy (non-hydrogen) atoms. The predicted molar refractivity (Wildman–Crippen MR) is 259 cm³/mol. The lowest BCUT2D eigenvalue weighted by Crippen LogP contribution is -2.19. The summed E-state index contributed by atoms with van der Waals surface area (Å²) in [6, 6.07) is 0. The molecule has 6 atom stereocenters. The van der Waals surface area contributed by atoms with Crippen LogP contribution >= 0.6 is 58.8 Å². The number of aromatic nitrogens is 3. The van der Waals surface area contributed by atoms with Crippen molar-refractivity contribution in [2.24, 2.45) is 10.7 Å². The predicted octanol–water partition coefficient (Wildman–Crippen LogP) is 0.0506. The van der Waals surface area contributed by atoms with Crippen LogP contribution in [0, 0.1) is 20.8 Å². The van der Waals surface area contributed by atoms with Crippen molar-refractivity contribution < 1.29 is 112 Å². The molecule has 6 rings (SSSR count). The van der Waals surface area contributed by atoms with E-state index in [1.165, 1.54) is 53.9 Å². The molecule has 3 unspecified atom stereocenters. The van der Waals surface area contributed by atoms with Gasteiger partial charge in [0.2, 0.25) is 0 Å². The number of phosphoric ester groups is 3. The van der Waals surface area contributed by atoms with Crippen molar-refractivity contribution in [2.75, 3.05) is 11.5 Å². The maximum atomic E-state index is 10.9. The zero-order valence-corrected chi connectivity index (χ0v) is 44.2. The summed E-state index contributed by atoms with van der Waals surface area (Å²) in [6.45, 7) is 3.56. The van der Waals surface area contributed by atoms with E-state index in [0.29, 0.717) is 75.1 Å². The average molecular weight is 1160 g/mol. The third-order valence-electron chi connectivity index (χ3n) is 9.93. The van der Waals surface area contributed by atoms with Crippen LogP contribution in [0.1, 0.15) is 69.7 Å². The monoisotopic (exact) mass is 1160 g/mol. The molecule has 3 aliphatic heterocycles. The first kappa shape index (κ1) is 65.6. The molecule has 2 fully saturated rings. The Labute approximate surface area is 433 Å². The van der Waals surface area contributed by atoms with Crippen LogP contribution in [0.4, 0.5) is 0 Å². The second-order valence-corrected chi connectivity index (χ2v) is 22.3. The fourth-order valence-electron chi connectivity index (χ4n) is 6.07. The van der Waals surface area contributed by atoms with Crippen molar-refractivity contribution in [1.82, 2.24) is 20.3 Å². The molecule has 0 saturated carbocycles. The van der Waals surface area contributed by atoms with Gasteiger partial charge in [-0.05, 0) is 26.2 Å². The van der Waals surface area contributed by atoms with Gasteiger partial charge in [-0.3, -0.25) is 52.8 Å². The first-order valence-corrected chi connectivity index (χ1v) is 28.2. The number of phosphoric acid groups is 3. The number of carbonyl (C=O) groups excluding carboxylic acids is 1. The molecule has 0 aliphatic carbocycles. The van der Waals surface area contributed by atoms with Gasteiger partial charge in [0.05, 0.1) is 49.2 Å². The quantitative estimate of drug-likeness (QED) is 0.0750. The van der Waals surface area contributed by atoms with Crippen LogP contribution in [-0.2, 0) is 85.9 Å². The van der Waals surface area contributed by atoms with E-state index in [1.807, 2.05) is 0 Å². The Bertz CT molecular complexity index is 2700. The van der Waals surface area contributed by atoms with Gasteiger partial charge in [0.15, 0.2) is 0 Å². The van der Waals surface area contributed by atoms with Crippen LogP contribution in [0.5, 0.6) is 17.2 Å². The zero-order valence-electron chi connectivity index (χ0n) is 39.1. The Morgan fingerprint density at radius 2 is 1.09 bits per heavy atom. The molecule has 2 saturated heterocycles. The highest BCUT2D eigenvalue weighted by atomic mass is 32.2. The smallest absolute Gasteiger partial charge is 0.317 e. The molecule has 3 aliphatic rings. The molecule has 0 bridgehead atoms. The summed E-state index contributed by atoms with van der Waals surface area (Å²) in [7, 11) is -14.6. The highest BCUT2D eigenvalue weighted by Gasteiger charge is 2.29. The maximum Gasteiger partial charge on any atom is 0.317 e. The normalized spacial score (nSPS) is 19.9. The number of hydrogen-bond donors (Lipinski definition) is 11. The van der Waals surface area contributed by atoms with Gasteiger partial charge in [0, 0.05) is 101 Å². The van der Waals surface area contributed by atoms with Crippen LogP contribution < -0.4 is 25.7 Å². The van der Waals surface area contributed by atoms with Gasteiger partial charge in [-0.2, -0.15) is 0 Å². The third-order valence-corrected chi connectivity index (χ3v) is 14.9. The number of aliphatic carboxylic acids is 3. The van der Waals surface area contributed by atoms with E-state index in [-0.39, 0.29) is 65.7 Å². The number of carboxylic acids is 3. The molecule has 0 aromatic carbocycles. The van der Waals surface area contributed by atoms with Crippen LogP contribution in [0.2, 0.25) is 0 Å². The van der Waals surface area contributed by atoms with E-state index in [2.05, 4.69) is 38.8 Å². The minimum absolute atomic E-state index is 0. The molecule has 0 amide bonds.